The van der Waals surface area contributed by atoms with Crippen LogP contribution in [0.4, 0.5) is 13.2 Å². The van der Waals surface area contributed by atoms with E-state index in [1.54, 1.807) is 30.3 Å². The van der Waals surface area contributed by atoms with Gasteiger partial charge in [0, 0.05) is 32.8 Å². The third-order valence-corrected chi connectivity index (χ3v) is 8.29. The minimum absolute atomic E-state index is 0.202. The quantitative estimate of drug-likeness (QED) is 0.146. The van der Waals surface area contributed by atoms with Crippen molar-refractivity contribution in [3.05, 3.63) is 150 Å². The maximum atomic E-state index is 14.0. The molecule has 0 radical (unpaired) electrons. The van der Waals surface area contributed by atoms with Crippen LogP contribution in [-0.4, -0.2) is 15.0 Å². The van der Waals surface area contributed by atoms with Crippen molar-refractivity contribution in [3.63, 3.8) is 0 Å². The highest BCUT2D eigenvalue weighted by molar-refractivity contribution is 6.22. The second-order valence-corrected chi connectivity index (χ2v) is 11.1. The number of benzene rings is 6. The standard InChI is InChI=1S/C40H21F3N4/c41-30-19-27(20-31(42)36(30)43)23-15-17-26(18-16-23)37-35-34(29-13-7-8-14-32(29)45-37)28(22-44)21-33-40(35)47-39(25-11-5-2-6-12-25)38(46-33)24-9-3-1-4-10-24/h1-21H. The number of nitrogens with zero attached hydrogens (tertiary/aromatic N) is 4. The number of hydrogen-bond donors (Lipinski definition) is 0. The molecule has 47 heavy (non-hydrogen) atoms. The lowest BCUT2D eigenvalue weighted by molar-refractivity contribution is 0.448. The molecule has 6 aromatic carbocycles. The second kappa shape index (κ2) is 11.2. The third-order valence-electron chi connectivity index (χ3n) is 8.29. The molecule has 0 aliphatic carbocycles. The van der Waals surface area contributed by atoms with Crippen molar-refractivity contribution in [2.24, 2.45) is 0 Å². The first-order valence-electron chi connectivity index (χ1n) is 14.8. The Balaban J connectivity index is 1.46. The van der Waals surface area contributed by atoms with Gasteiger partial charge in [0.05, 0.1) is 45.3 Å². The first-order valence-corrected chi connectivity index (χ1v) is 14.8. The summed E-state index contributed by atoms with van der Waals surface area (Å²) in [6.45, 7) is 0. The van der Waals surface area contributed by atoms with Gasteiger partial charge in [-0.05, 0) is 35.4 Å². The maximum Gasteiger partial charge on any atom is 0.194 e. The lowest BCUT2D eigenvalue weighted by Gasteiger charge is -2.16. The number of nitriles is 1. The minimum atomic E-state index is -1.51. The van der Waals surface area contributed by atoms with Crippen LogP contribution in [0.1, 0.15) is 5.56 Å². The van der Waals surface area contributed by atoms with Gasteiger partial charge in [0.15, 0.2) is 17.5 Å². The number of aromatic nitrogens is 3. The SMILES string of the molecule is N#Cc1cc2nc(-c3ccccc3)c(-c3ccccc3)nc2c2c(-c3ccc(-c4cc(F)c(F)c(F)c4)cc3)nc3ccccc3c12. The van der Waals surface area contributed by atoms with Crippen molar-refractivity contribution in [1.82, 2.24) is 15.0 Å². The fourth-order valence-electron chi connectivity index (χ4n) is 6.10. The van der Waals surface area contributed by atoms with E-state index in [9.17, 15) is 18.4 Å². The molecule has 8 aromatic rings. The summed E-state index contributed by atoms with van der Waals surface area (Å²) in [6.07, 6.45) is 0. The molecule has 222 valence electrons. The molecule has 4 nitrogen and oxygen atoms in total. The summed E-state index contributed by atoms with van der Waals surface area (Å²) in [7, 11) is 0. The number of rotatable bonds is 4. The number of fused-ring (bicyclic) bond motifs is 5. The molecule has 0 spiro atoms. The smallest absolute Gasteiger partial charge is 0.194 e. The van der Waals surface area contributed by atoms with Crippen LogP contribution in [-0.2, 0) is 0 Å². The van der Waals surface area contributed by atoms with Gasteiger partial charge in [-0.1, -0.05) is 103 Å². The molecule has 0 aliphatic heterocycles. The number of halogens is 3. The van der Waals surface area contributed by atoms with Gasteiger partial charge in [-0.2, -0.15) is 5.26 Å². The van der Waals surface area contributed by atoms with Crippen LogP contribution in [0.3, 0.4) is 0 Å². The van der Waals surface area contributed by atoms with Gasteiger partial charge in [-0.15, -0.1) is 0 Å². The molecule has 0 N–H and O–H groups in total. The van der Waals surface area contributed by atoms with E-state index >= 15 is 0 Å². The molecule has 8 rings (SSSR count). The first kappa shape index (κ1) is 28.1. The summed E-state index contributed by atoms with van der Waals surface area (Å²) in [4.78, 5) is 15.5. The minimum Gasteiger partial charge on any atom is -0.247 e. The van der Waals surface area contributed by atoms with Crippen LogP contribution in [0, 0.1) is 28.8 Å². The van der Waals surface area contributed by atoms with Crippen molar-refractivity contribution in [1.29, 1.82) is 5.26 Å². The molecule has 2 aromatic heterocycles. The van der Waals surface area contributed by atoms with E-state index in [0.717, 1.165) is 28.6 Å². The van der Waals surface area contributed by atoms with Crippen molar-refractivity contribution < 1.29 is 13.2 Å². The Kier molecular flexibility index (Phi) is 6.70. The van der Waals surface area contributed by atoms with Crippen molar-refractivity contribution >= 4 is 32.7 Å². The van der Waals surface area contributed by atoms with Crippen LogP contribution in [0.15, 0.2) is 127 Å². The normalized spacial score (nSPS) is 11.3. The Morgan fingerprint density at radius 2 is 1.00 bits per heavy atom. The van der Waals surface area contributed by atoms with Crippen LogP contribution >= 0.6 is 0 Å². The zero-order valence-electron chi connectivity index (χ0n) is 24.5. The van der Waals surface area contributed by atoms with Gasteiger partial charge in [-0.3, -0.25) is 0 Å². The molecule has 0 fully saturated rings. The monoisotopic (exact) mass is 614 g/mol. The topological polar surface area (TPSA) is 62.5 Å². The Hall–Kier alpha value is -6.39. The van der Waals surface area contributed by atoms with Gasteiger partial charge in [-0.25, -0.2) is 28.1 Å². The van der Waals surface area contributed by atoms with Gasteiger partial charge >= 0.3 is 0 Å². The molecule has 7 heteroatoms. The van der Waals surface area contributed by atoms with Crippen LogP contribution in [0.2, 0.25) is 0 Å². The summed E-state index contributed by atoms with van der Waals surface area (Å²) in [6, 6.07) is 40.3. The highest BCUT2D eigenvalue weighted by atomic mass is 19.2. The molecule has 0 saturated heterocycles. The van der Waals surface area contributed by atoms with Crippen molar-refractivity contribution in [3.8, 4) is 51.0 Å². The largest absolute Gasteiger partial charge is 0.247 e. The summed E-state index contributed by atoms with van der Waals surface area (Å²) in [5, 5.41) is 12.6. The second-order valence-electron chi connectivity index (χ2n) is 11.1. The Labute approximate surface area is 267 Å². The number of para-hydroxylation sites is 1. The summed E-state index contributed by atoms with van der Waals surface area (Å²) < 4.78 is 41.7. The van der Waals surface area contributed by atoms with Gasteiger partial charge < -0.3 is 0 Å². The van der Waals surface area contributed by atoms with Crippen molar-refractivity contribution in [2.45, 2.75) is 0 Å². The average molecular weight is 615 g/mol. The predicted octanol–water partition coefficient (Wildman–Crippen LogP) is 10.3. The van der Waals surface area contributed by atoms with E-state index in [2.05, 4.69) is 6.07 Å². The average Bonchev–Trinajstić information content (AvgIpc) is 3.13. The zero-order chi connectivity index (χ0) is 32.1. The van der Waals surface area contributed by atoms with Gasteiger partial charge in [0.1, 0.15) is 0 Å². The highest BCUT2D eigenvalue weighted by Gasteiger charge is 2.22. The van der Waals surface area contributed by atoms with E-state index in [-0.39, 0.29) is 5.56 Å². The van der Waals surface area contributed by atoms with E-state index in [4.69, 9.17) is 15.0 Å². The predicted molar refractivity (Wildman–Crippen MR) is 179 cm³/mol. The summed E-state index contributed by atoms with van der Waals surface area (Å²) in [5.41, 5.74) is 7.36. The highest BCUT2D eigenvalue weighted by Crippen LogP contribution is 2.41. The van der Waals surface area contributed by atoms with E-state index in [0.29, 0.717) is 61.1 Å². The fraction of sp³-hybridized carbons (Fsp3) is 0. The molecule has 0 saturated carbocycles. The molecule has 0 aliphatic rings. The van der Waals surface area contributed by atoms with Crippen LogP contribution < -0.4 is 0 Å². The van der Waals surface area contributed by atoms with E-state index in [1.165, 1.54) is 0 Å². The van der Waals surface area contributed by atoms with Gasteiger partial charge in [0.25, 0.3) is 0 Å². The first-order chi connectivity index (χ1) is 23.0. The molecular formula is C40H21F3N4. The van der Waals surface area contributed by atoms with Crippen molar-refractivity contribution in [2.75, 3.05) is 0 Å². The van der Waals surface area contributed by atoms with E-state index < -0.39 is 17.5 Å². The maximum absolute atomic E-state index is 14.0. The number of hydrogen-bond acceptors (Lipinski definition) is 4. The molecule has 0 bridgehead atoms. The van der Waals surface area contributed by atoms with Crippen LogP contribution in [0.5, 0.6) is 0 Å². The van der Waals surface area contributed by atoms with Gasteiger partial charge in [0.2, 0.25) is 0 Å². The molecule has 0 atom stereocenters. The lowest BCUT2D eigenvalue weighted by atomic mass is 9.93. The molecule has 0 amide bonds. The molecule has 0 unspecified atom stereocenters. The third kappa shape index (κ3) is 4.75. The summed E-state index contributed by atoms with van der Waals surface area (Å²) in [5.74, 6) is -4.03. The molecular weight excluding hydrogens is 593 g/mol. The van der Waals surface area contributed by atoms with Crippen LogP contribution in [0.25, 0.3) is 77.6 Å². The fourth-order valence-corrected chi connectivity index (χ4v) is 6.10. The van der Waals surface area contributed by atoms with E-state index in [1.807, 2.05) is 84.9 Å². The zero-order valence-corrected chi connectivity index (χ0v) is 24.5. The summed E-state index contributed by atoms with van der Waals surface area (Å²) >= 11 is 0. The Morgan fingerprint density at radius 1 is 0.468 bits per heavy atom. The molecule has 2 heterocycles. The Bertz CT molecular complexity index is 2520. The number of pyridine rings is 1. The Morgan fingerprint density at radius 3 is 1.64 bits per heavy atom. The lowest BCUT2D eigenvalue weighted by Crippen LogP contribution is -2.00.